The fraction of sp³-hybridized carbons (Fsp3) is 0.300. The van der Waals surface area contributed by atoms with Crippen molar-refractivity contribution in [2.75, 3.05) is 25.1 Å². The van der Waals surface area contributed by atoms with E-state index >= 15 is 0 Å². The minimum Gasteiger partial charge on any atom is -0.490 e. The highest BCUT2D eigenvalue weighted by Crippen LogP contribution is 2.39. The Hall–Kier alpha value is -3.36. The fourth-order valence-corrected chi connectivity index (χ4v) is 2.55. The van der Waals surface area contributed by atoms with Gasteiger partial charge in [-0.1, -0.05) is 0 Å². The number of nitrogens with one attached hydrogen (secondary N) is 1. The zero-order valence-electron chi connectivity index (χ0n) is 16.3. The number of halogens is 2. The molecule has 2 aromatic rings. The van der Waals surface area contributed by atoms with Crippen LogP contribution in [0, 0.1) is 11.6 Å². The second-order valence-corrected chi connectivity index (χ2v) is 5.73. The van der Waals surface area contributed by atoms with Gasteiger partial charge in [-0.3, -0.25) is 9.59 Å². The zero-order valence-corrected chi connectivity index (χ0v) is 16.3. The van der Waals surface area contributed by atoms with Crippen molar-refractivity contribution in [3.8, 4) is 17.2 Å². The Balaban J connectivity index is 2.45. The molecule has 0 fully saturated rings. The number of anilines is 1. The van der Waals surface area contributed by atoms with Crippen LogP contribution in [0.25, 0.3) is 0 Å². The SMILES string of the molecule is CCOc1cc(C(=O)Nc2cc(C(N)=O)c(F)cc2F)cc(OCC)c1OCC. The molecule has 0 atom stereocenters. The van der Waals surface area contributed by atoms with Crippen molar-refractivity contribution in [3.05, 3.63) is 47.0 Å². The summed E-state index contributed by atoms with van der Waals surface area (Å²) in [6.07, 6.45) is 0. The standard InChI is InChI=1S/C20H22F2N2O5/c1-4-27-16-7-11(8-17(28-5-2)18(16)29-6-3)20(26)24-15-9-12(19(23)25)13(21)10-14(15)22/h7-10H,4-6H2,1-3H3,(H2,23,25)(H,24,26). The van der Waals surface area contributed by atoms with Crippen molar-refractivity contribution in [1.82, 2.24) is 0 Å². The summed E-state index contributed by atoms with van der Waals surface area (Å²) >= 11 is 0. The third-order valence-corrected chi connectivity index (χ3v) is 3.74. The highest BCUT2D eigenvalue weighted by atomic mass is 19.1. The molecule has 0 heterocycles. The number of hydrogen-bond acceptors (Lipinski definition) is 5. The number of primary amides is 1. The number of benzene rings is 2. The Morgan fingerprint density at radius 2 is 1.45 bits per heavy atom. The molecule has 0 bridgehead atoms. The zero-order chi connectivity index (χ0) is 21.6. The molecule has 0 unspecified atom stereocenters. The minimum absolute atomic E-state index is 0.0877. The van der Waals surface area contributed by atoms with Gasteiger partial charge in [-0.2, -0.15) is 0 Å². The minimum atomic E-state index is -1.12. The lowest BCUT2D eigenvalue weighted by Crippen LogP contribution is -2.17. The Bertz CT molecular complexity index is 891. The van der Waals surface area contributed by atoms with Crippen molar-refractivity contribution >= 4 is 17.5 Å². The van der Waals surface area contributed by atoms with Crippen LogP contribution in [-0.4, -0.2) is 31.6 Å². The van der Waals surface area contributed by atoms with Gasteiger partial charge in [-0.25, -0.2) is 8.78 Å². The lowest BCUT2D eigenvalue weighted by Gasteiger charge is -2.17. The largest absolute Gasteiger partial charge is 0.490 e. The first-order valence-electron chi connectivity index (χ1n) is 8.98. The maximum absolute atomic E-state index is 14.1. The predicted molar refractivity (Wildman–Crippen MR) is 103 cm³/mol. The lowest BCUT2D eigenvalue weighted by atomic mass is 10.1. The molecule has 0 aliphatic heterocycles. The van der Waals surface area contributed by atoms with Gasteiger partial charge >= 0.3 is 0 Å². The Labute approximate surface area is 166 Å². The first-order valence-corrected chi connectivity index (χ1v) is 8.98. The van der Waals surface area contributed by atoms with E-state index in [1.54, 1.807) is 20.8 Å². The van der Waals surface area contributed by atoms with Crippen molar-refractivity contribution in [2.45, 2.75) is 20.8 Å². The quantitative estimate of drug-likeness (QED) is 0.661. The van der Waals surface area contributed by atoms with E-state index in [4.69, 9.17) is 19.9 Å². The van der Waals surface area contributed by atoms with Gasteiger partial charge in [0.2, 0.25) is 5.75 Å². The van der Waals surface area contributed by atoms with E-state index in [2.05, 4.69) is 5.32 Å². The van der Waals surface area contributed by atoms with Crippen molar-refractivity contribution in [3.63, 3.8) is 0 Å². The van der Waals surface area contributed by atoms with Gasteiger partial charge in [-0.15, -0.1) is 0 Å². The summed E-state index contributed by atoms with van der Waals surface area (Å²) in [7, 11) is 0. The van der Waals surface area contributed by atoms with Gasteiger partial charge in [0.05, 0.1) is 31.1 Å². The van der Waals surface area contributed by atoms with Crippen LogP contribution in [0.1, 0.15) is 41.5 Å². The number of rotatable bonds is 9. The number of amides is 2. The van der Waals surface area contributed by atoms with E-state index in [9.17, 15) is 18.4 Å². The van der Waals surface area contributed by atoms with Crippen LogP contribution in [0.15, 0.2) is 24.3 Å². The number of carbonyl (C=O) groups is 2. The summed E-state index contributed by atoms with van der Waals surface area (Å²) in [6, 6.07) is 4.16. The normalized spacial score (nSPS) is 10.4. The molecular weight excluding hydrogens is 386 g/mol. The van der Waals surface area contributed by atoms with Crippen LogP contribution in [0.4, 0.5) is 14.5 Å². The Morgan fingerprint density at radius 1 is 0.897 bits per heavy atom. The van der Waals surface area contributed by atoms with E-state index in [0.717, 1.165) is 6.07 Å². The smallest absolute Gasteiger partial charge is 0.256 e. The highest BCUT2D eigenvalue weighted by Gasteiger charge is 2.20. The van der Waals surface area contributed by atoms with Crippen molar-refractivity contribution in [1.29, 1.82) is 0 Å². The summed E-state index contributed by atoms with van der Waals surface area (Å²) in [5, 5.41) is 2.30. The van der Waals surface area contributed by atoms with Crippen LogP contribution in [0.3, 0.4) is 0 Å². The molecule has 0 aromatic heterocycles. The number of ether oxygens (including phenoxy) is 3. The molecule has 2 rings (SSSR count). The van der Waals surface area contributed by atoms with Gasteiger partial charge in [0, 0.05) is 11.6 Å². The van der Waals surface area contributed by atoms with Crippen LogP contribution in [0.5, 0.6) is 17.2 Å². The van der Waals surface area contributed by atoms with E-state index in [1.807, 2.05) is 0 Å². The molecule has 0 aliphatic rings. The van der Waals surface area contributed by atoms with Gasteiger partial charge in [0.15, 0.2) is 11.5 Å². The molecule has 0 aliphatic carbocycles. The molecule has 7 nitrogen and oxygen atoms in total. The first kappa shape index (κ1) is 21.9. The number of hydrogen-bond donors (Lipinski definition) is 2. The Kier molecular flexibility index (Phi) is 7.35. The first-order chi connectivity index (χ1) is 13.8. The molecule has 2 amide bonds. The van der Waals surface area contributed by atoms with E-state index in [1.165, 1.54) is 12.1 Å². The van der Waals surface area contributed by atoms with Gasteiger partial charge < -0.3 is 25.3 Å². The average Bonchev–Trinajstić information content (AvgIpc) is 2.66. The highest BCUT2D eigenvalue weighted by molar-refractivity contribution is 6.06. The molecule has 156 valence electrons. The van der Waals surface area contributed by atoms with Crippen LogP contribution >= 0.6 is 0 Å². The van der Waals surface area contributed by atoms with Crippen molar-refractivity contribution in [2.24, 2.45) is 5.73 Å². The third-order valence-electron chi connectivity index (χ3n) is 3.74. The molecule has 0 saturated carbocycles. The molecule has 0 saturated heterocycles. The predicted octanol–water partition coefficient (Wildman–Crippen LogP) is 3.51. The molecule has 2 aromatic carbocycles. The summed E-state index contributed by atoms with van der Waals surface area (Å²) in [6.45, 7) is 6.29. The Morgan fingerprint density at radius 3 is 1.93 bits per heavy atom. The number of carbonyl (C=O) groups excluding carboxylic acids is 2. The topological polar surface area (TPSA) is 99.9 Å². The van der Waals surface area contributed by atoms with Crippen LogP contribution in [0.2, 0.25) is 0 Å². The lowest BCUT2D eigenvalue weighted by molar-refractivity contribution is 0.0992. The number of nitrogens with two attached hydrogens (primary N) is 1. The van der Waals surface area contributed by atoms with Crippen LogP contribution < -0.4 is 25.3 Å². The fourth-order valence-electron chi connectivity index (χ4n) is 2.55. The van der Waals surface area contributed by atoms with Gasteiger partial charge in [0.1, 0.15) is 11.6 Å². The summed E-state index contributed by atoms with van der Waals surface area (Å²) in [5.41, 5.74) is 4.22. The molecule has 29 heavy (non-hydrogen) atoms. The van der Waals surface area contributed by atoms with Crippen LogP contribution in [-0.2, 0) is 0 Å². The molecule has 0 spiro atoms. The molecule has 0 radical (unpaired) electrons. The summed E-state index contributed by atoms with van der Waals surface area (Å²) < 4.78 is 44.3. The van der Waals surface area contributed by atoms with Crippen molar-refractivity contribution < 1.29 is 32.6 Å². The van der Waals surface area contributed by atoms with E-state index < -0.39 is 34.7 Å². The monoisotopic (exact) mass is 408 g/mol. The average molecular weight is 408 g/mol. The van der Waals surface area contributed by atoms with Gasteiger partial charge in [0.25, 0.3) is 11.8 Å². The summed E-state index contributed by atoms with van der Waals surface area (Å²) in [5.74, 6) is -3.08. The molecule has 9 heteroatoms. The molecule has 3 N–H and O–H groups in total. The molecular formula is C20H22F2N2O5. The maximum Gasteiger partial charge on any atom is 0.256 e. The second-order valence-electron chi connectivity index (χ2n) is 5.73. The van der Waals surface area contributed by atoms with E-state index in [-0.39, 0.29) is 17.1 Å². The van der Waals surface area contributed by atoms with E-state index in [0.29, 0.717) is 31.6 Å². The maximum atomic E-state index is 14.1. The second kappa shape index (κ2) is 9.72. The third kappa shape index (κ3) is 5.13. The van der Waals surface area contributed by atoms with Gasteiger partial charge in [-0.05, 0) is 39.0 Å². The summed E-state index contributed by atoms with van der Waals surface area (Å²) in [4.78, 5) is 23.9.